The minimum atomic E-state index is -0.709. The van der Waals surface area contributed by atoms with Gasteiger partial charge in [-0.25, -0.2) is 0 Å². The van der Waals surface area contributed by atoms with E-state index in [-0.39, 0.29) is 6.42 Å². The third-order valence-corrected chi connectivity index (χ3v) is 3.55. The summed E-state index contributed by atoms with van der Waals surface area (Å²) in [7, 11) is 0. The minimum absolute atomic E-state index is 0.282. The first-order valence-electron chi connectivity index (χ1n) is 9.05. The number of hydrogen-bond donors (Lipinski definition) is 1. The molecule has 0 aromatic carbocycles. The Morgan fingerprint density at radius 1 is 1.04 bits per heavy atom. The van der Waals surface area contributed by atoms with Crippen LogP contribution < -0.4 is 0 Å². The molecule has 0 saturated carbocycles. The number of carbonyl (C=O) groups excluding carboxylic acids is 1. The van der Waals surface area contributed by atoms with Crippen molar-refractivity contribution in [3.05, 3.63) is 24.3 Å². The normalized spacial score (nSPS) is 12.1. The Hall–Kier alpha value is -1.38. The van der Waals surface area contributed by atoms with Gasteiger partial charge in [-0.2, -0.15) is 0 Å². The molecule has 0 aliphatic rings. The van der Waals surface area contributed by atoms with Crippen LogP contribution in [-0.4, -0.2) is 17.4 Å². The highest BCUT2D eigenvalue weighted by Crippen LogP contribution is 2.10. The van der Waals surface area contributed by atoms with E-state index in [9.17, 15) is 9.59 Å². The molecule has 0 aromatic rings. The molecule has 0 heterocycles. The standard InChI is InChI=1S/C13H24O.C7H12O2/c1-3-5-6-7-8-9-10-13(4-2)11-12-14;1-2-3-4-5-6-7(8)9/h9-10,12-13H,3-8,11H2,1-2H3;2-3H,4-6H2,1H3,(H,8,9)/b10-9+;3-2-/t13-;/m1./s1. The molecule has 0 aromatic heterocycles. The third-order valence-electron chi connectivity index (χ3n) is 3.55. The fourth-order valence-corrected chi connectivity index (χ4v) is 2.02. The first kappa shape index (κ1) is 23.9. The van der Waals surface area contributed by atoms with Crippen LogP contribution in [0.4, 0.5) is 0 Å². The lowest BCUT2D eigenvalue weighted by atomic mass is 10.0. The summed E-state index contributed by atoms with van der Waals surface area (Å²) in [6.45, 7) is 6.30. The molecular formula is C20H36O3. The zero-order chi connectivity index (χ0) is 17.8. The van der Waals surface area contributed by atoms with Crippen LogP contribution in [0.2, 0.25) is 0 Å². The summed E-state index contributed by atoms with van der Waals surface area (Å²) in [4.78, 5) is 20.3. The Balaban J connectivity index is 0. The largest absolute Gasteiger partial charge is 0.481 e. The van der Waals surface area contributed by atoms with Crippen LogP contribution in [0.3, 0.4) is 0 Å². The Kier molecular flexibility index (Phi) is 21.4. The molecule has 1 N–H and O–H groups in total. The molecule has 0 aliphatic carbocycles. The van der Waals surface area contributed by atoms with Gasteiger partial charge in [0, 0.05) is 12.8 Å². The average molecular weight is 325 g/mol. The van der Waals surface area contributed by atoms with Crippen molar-refractivity contribution in [1.82, 2.24) is 0 Å². The highest BCUT2D eigenvalue weighted by Gasteiger charge is 1.98. The van der Waals surface area contributed by atoms with Gasteiger partial charge in [-0.15, -0.1) is 0 Å². The van der Waals surface area contributed by atoms with Crippen LogP contribution in [0.15, 0.2) is 24.3 Å². The second-order valence-electron chi connectivity index (χ2n) is 5.70. The topological polar surface area (TPSA) is 54.4 Å². The molecule has 0 rings (SSSR count). The van der Waals surface area contributed by atoms with Gasteiger partial charge in [0.1, 0.15) is 6.29 Å². The van der Waals surface area contributed by atoms with Gasteiger partial charge in [0.25, 0.3) is 0 Å². The molecule has 0 saturated heterocycles. The predicted octanol–water partition coefficient (Wildman–Crippen LogP) is 5.95. The molecule has 0 amide bonds. The molecule has 0 bridgehead atoms. The maximum atomic E-state index is 10.3. The van der Waals surface area contributed by atoms with Crippen LogP contribution in [0.5, 0.6) is 0 Å². The lowest BCUT2D eigenvalue weighted by Crippen LogP contribution is -1.94. The zero-order valence-electron chi connectivity index (χ0n) is 15.3. The fraction of sp³-hybridized carbons (Fsp3) is 0.700. The number of carboxylic acids is 1. The van der Waals surface area contributed by atoms with E-state index in [0.717, 1.165) is 25.5 Å². The van der Waals surface area contributed by atoms with Gasteiger partial charge in [-0.1, -0.05) is 57.4 Å². The van der Waals surface area contributed by atoms with Crippen molar-refractivity contribution in [3.63, 3.8) is 0 Å². The van der Waals surface area contributed by atoms with Gasteiger partial charge in [-0.05, 0) is 44.9 Å². The van der Waals surface area contributed by atoms with E-state index in [1.54, 1.807) is 0 Å². The van der Waals surface area contributed by atoms with Crippen molar-refractivity contribution in [1.29, 1.82) is 0 Å². The average Bonchev–Trinajstić information content (AvgIpc) is 2.54. The highest BCUT2D eigenvalue weighted by molar-refractivity contribution is 5.66. The summed E-state index contributed by atoms with van der Waals surface area (Å²) in [5.74, 6) is -0.238. The van der Waals surface area contributed by atoms with E-state index in [4.69, 9.17) is 5.11 Å². The number of hydrogen-bond acceptors (Lipinski definition) is 2. The highest BCUT2D eigenvalue weighted by atomic mass is 16.4. The Morgan fingerprint density at radius 3 is 2.26 bits per heavy atom. The summed E-state index contributed by atoms with van der Waals surface area (Å²) in [6.07, 6.45) is 19.5. The van der Waals surface area contributed by atoms with Crippen LogP contribution in [0.1, 0.15) is 85.0 Å². The first-order chi connectivity index (χ1) is 11.1. The molecular weight excluding hydrogens is 288 g/mol. The quantitative estimate of drug-likeness (QED) is 0.259. The molecule has 3 nitrogen and oxygen atoms in total. The molecule has 0 unspecified atom stereocenters. The van der Waals surface area contributed by atoms with Gasteiger partial charge in [-0.3, -0.25) is 4.79 Å². The minimum Gasteiger partial charge on any atom is -0.481 e. The van der Waals surface area contributed by atoms with Crippen LogP contribution in [0.25, 0.3) is 0 Å². The van der Waals surface area contributed by atoms with E-state index in [1.807, 2.05) is 19.1 Å². The monoisotopic (exact) mass is 324 g/mol. The second-order valence-corrected chi connectivity index (χ2v) is 5.70. The Morgan fingerprint density at radius 2 is 1.74 bits per heavy atom. The summed E-state index contributed by atoms with van der Waals surface area (Å²) in [6, 6.07) is 0. The van der Waals surface area contributed by atoms with Crippen LogP contribution in [-0.2, 0) is 9.59 Å². The third kappa shape index (κ3) is 23.0. The van der Waals surface area contributed by atoms with E-state index in [0.29, 0.717) is 12.3 Å². The van der Waals surface area contributed by atoms with Gasteiger partial charge in [0.15, 0.2) is 0 Å². The molecule has 23 heavy (non-hydrogen) atoms. The maximum absolute atomic E-state index is 10.3. The van der Waals surface area contributed by atoms with Crippen molar-refractivity contribution in [2.75, 3.05) is 0 Å². The van der Waals surface area contributed by atoms with Crippen molar-refractivity contribution < 1.29 is 14.7 Å². The summed E-state index contributed by atoms with van der Waals surface area (Å²) in [5, 5.41) is 8.19. The van der Waals surface area contributed by atoms with Crippen molar-refractivity contribution in [2.45, 2.75) is 85.0 Å². The number of aldehydes is 1. The van der Waals surface area contributed by atoms with E-state index < -0.39 is 5.97 Å². The van der Waals surface area contributed by atoms with Gasteiger partial charge < -0.3 is 9.90 Å². The number of allylic oxidation sites excluding steroid dienone is 4. The van der Waals surface area contributed by atoms with E-state index in [2.05, 4.69) is 26.0 Å². The molecule has 1 atom stereocenters. The fourth-order valence-electron chi connectivity index (χ4n) is 2.02. The van der Waals surface area contributed by atoms with Crippen molar-refractivity contribution >= 4 is 12.3 Å². The van der Waals surface area contributed by atoms with E-state index >= 15 is 0 Å². The van der Waals surface area contributed by atoms with Gasteiger partial charge in [0.05, 0.1) is 0 Å². The first-order valence-corrected chi connectivity index (χ1v) is 9.05. The predicted molar refractivity (Wildman–Crippen MR) is 98.7 cm³/mol. The molecule has 134 valence electrons. The summed E-state index contributed by atoms with van der Waals surface area (Å²) < 4.78 is 0. The Labute approximate surface area is 142 Å². The number of carbonyl (C=O) groups is 2. The van der Waals surface area contributed by atoms with E-state index in [1.165, 1.54) is 32.1 Å². The summed E-state index contributed by atoms with van der Waals surface area (Å²) in [5.41, 5.74) is 0. The zero-order valence-corrected chi connectivity index (χ0v) is 15.3. The molecule has 0 radical (unpaired) electrons. The van der Waals surface area contributed by atoms with Gasteiger partial charge in [0.2, 0.25) is 0 Å². The number of unbranched alkanes of at least 4 members (excludes halogenated alkanes) is 5. The summed E-state index contributed by atoms with van der Waals surface area (Å²) >= 11 is 0. The number of aliphatic carboxylic acids is 1. The SMILES string of the molecule is C/C=C\CCCC(=O)O.CCCCCC/C=C/[C@@H](CC)CC=O. The number of carboxylic acid groups (broad SMARTS) is 1. The van der Waals surface area contributed by atoms with Crippen LogP contribution >= 0.6 is 0 Å². The second kappa shape index (κ2) is 20.6. The lowest BCUT2D eigenvalue weighted by Gasteiger charge is -2.03. The molecule has 0 aliphatic heterocycles. The van der Waals surface area contributed by atoms with Crippen LogP contribution in [0, 0.1) is 5.92 Å². The lowest BCUT2D eigenvalue weighted by molar-refractivity contribution is -0.137. The van der Waals surface area contributed by atoms with Crippen molar-refractivity contribution in [2.24, 2.45) is 5.92 Å². The van der Waals surface area contributed by atoms with Gasteiger partial charge >= 0.3 is 5.97 Å². The molecule has 0 spiro atoms. The smallest absolute Gasteiger partial charge is 0.303 e. The van der Waals surface area contributed by atoms with Crippen molar-refractivity contribution in [3.8, 4) is 0 Å². The Bertz CT molecular complexity index is 319. The molecule has 0 fully saturated rings. The number of rotatable bonds is 13. The molecule has 3 heteroatoms. The maximum Gasteiger partial charge on any atom is 0.303 e.